The van der Waals surface area contributed by atoms with Crippen LogP contribution in [0.3, 0.4) is 0 Å². The summed E-state index contributed by atoms with van der Waals surface area (Å²) >= 11 is 1.85. The molecule has 6 nitrogen and oxygen atoms in total. The molecular formula is C20H26ClN5OS. The van der Waals surface area contributed by atoms with Crippen molar-refractivity contribution < 1.29 is 4.74 Å². The number of fused-ring (bicyclic) bond motifs is 1. The molecule has 3 heterocycles. The lowest BCUT2D eigenvalue weighted by atomic mass is 10.2. The van der Waals surface area contributed by atoms with E-state index in [4.69, 9.17) is 9.84 Å². The number of hydrogen-bond donors (Lipinski definition) is 2. The summed E-state index contributed by atoms with van der Waals surface area (Å²) < 4.78 is 7.40. The minimum Gasteiger partial charge on any atom is -0.496 e. The van der Waals surface area contributed by atoms with Gasteiger partial charge in [0.15, 0.2) is 5.65 Å². The number of para-hydroxylation sites is 1. The van der Waals surface area contributed by atoms with Crippen LogP contribution in [-0.4, -0.2) is 40.0 Å². The highest BCUT2D eigenvalue weighted by atomic mass is 35.5. The number of aromatic nitrogens is 3. The quantitative estimate of drug-likeness (QED) is 0.631. The summed E-state index contributed by atoms with van der Waals surface area (Å²) in [5, 5.41) is 13.4. The summed E-state index contributed by atoms with van der Waals surface area (Å²) in [6, 6.07) is 10.2. The highest BCUT2D eigenvalue weighted by Gasteiger charge is 2.17. The van der Waals surface area contributed by atoms with Gasteiger partial charge < -0.3 is 15.4 Å². The molecule has 1 aliphatic heterocycles. The van der Waals surface area contributed by atoms with Crippen molar-refractivity contribution in [2.45, 2.75) is 36.6 Å². The zero-order valence-corrected chi connectivity index (χ0v) is 17.8. The number of anilines is 1. The Kier molecular flexibility index (Phi) is 7.04. The first kappa shape index (κ1) is 20.8. The van der Waals surface area contributed by atoms with E-state index >= 15 is 0 Å². The molecule has 0 radical (unpaired) electrons. The van der Waals surface area contributed by atoms with Crippen molar-refractivity contribution in [1.29, 1.82) is 0 Å². The first-order chi connectivity index (χ1) is 13.2. The van der Waals surface area contributed by atoms with Crippen molar-refractivity contribution in [3.8, 4) is 5.75 Å². The molecule has 2 aromatic heterocycles. The van der Waals surface area contributed by atoms with Crippen LogP contribution in [0.4, 0.5) is 5.69 Å². The van der Waals surface area contributed by atoms with E-state index in [0.29, 0.717) is 11.8 Å². The van der Waals surface area contributed by atoms with Gasteiger partial charge in [-0.15, -0.1) is 12.4 Å². The standard InChI is InChI=1S/C20H25N5OS.ClH/c1-14-11-23-20-17(22-12-15-6-3-4-8-18(15)26-2)10-19(24-25(14)20)27-16-7-5-9-21-13-16;/h3-4,6,8,10-11,16,21-22H,5,7,9,12-13H2,1-2H3;1H. The number of nitrogens with one attached hydrogen (secondary N) is 2. The summed E-state index contributed by atoms with van der Waals surface area (Å²) in [6.07, 6.45) is 4.32. The summed E-state index contributed by atoms with van der Waals surface area (Å²) in [5.74, 6) is 0.887. The van der Waals surface area contributed by atoms with E-state index in [9.17, 15) is 0 Å². The maximum absolute atomic E-state index is 5.47. The van der Waals surface area contributed by atoms with E-state index in [1.54, 1.807) is 7.11 Å². The molecule has 150 valence electrons. The van der Waals surface area contributed by atoms with Gasteiger partial charge in [-0.3, -0.25) is 0 Å². The highest BCUT2D eigenvalue weighted by Crippen LogP contribution is 2.30. The van der Waals surface area contributed by atoms with Crippen LogP contribution in [0, 0.1) is 6.92 Å². The van der Waals surface area contributed by atoms with Crippen LogP contribution in [0.25, 0.3) is 5.65 Å². The number of piperidine rings is 1. The molecule has 0 spiro atoms. The Bertz CT molecular complexity index is 926. The third kappa shape index (κ3) is 4.54. The van der Waals surface area contributed by atoms with E-state index < -0.39 is 0 Å². The van der Waals surface area contributed by atoms with Crippen molar-refractivity contribution in [2.24, 2.45) is 0 Å². The molecule has 28 heavy (non-hydrogen) atoms. The topological polar surface area (TPSA) is 63.5 Å². The highest BCUT2D eigenvalue weighted by molar-refractivity contribution is 7.99. The van der Waals surface area contributed by atoms with Crippen molar-refractivity contribution in [2.75, 3.05) is 25.5 Å². The van der Waals surface area contributed by atoms with E-state index in [2.05, 4.69) is 27.8 Å². The summed E-state index contributed by atoms with van der Waals surface area (Å²) in [6.45, 7) is 4.87. The van der Waals surface area contributed by atoms with Gasteiger partial charge in [0.05, 0.1) is 24.7 Å². The monoisotopic (exact) mass is 419 g/mol. The average molecular weight is 420 g/mol. The van der Waals surface area contributed by atoms with Gasteiger partial charge in [0.1, 0.15) is 10.8 Å². The fourth-order valence-corrected chi connectivity index (χ4v) is 4.52. The van der Waals surface area contributed by atoms with Gasteiger partial charge in [-0.25, -0.2) is 9.50 Å². The number of benzene rings is 1. The maximum Gasteiger partial charge on any atom is 0.177 e. The molecule has 0 aliphatic carbocycles. The number of ether oxygens (including phenoxy) is 1. The Morgan fingerprint density at radius 1 is 1.36 bits per heavy atom. The van der Waals surface area contributed by atoms with Crippen molar-refractivity contribution in [1.82, 2.24) is 19.9 Å². The molecule has 2 N–H and O–H groups in total. The van der Waals surface area contributed by atoms with Gasteiger partial charge in [-0.1, -0.05) is 30.0 Å². The van der Waals surface area contributed by atoms with Crippen molar-refractivity contribution >= 4 is 35.5 Å². The third-order valence-corrected chi connectivity index (χ3v) is 5.99. The van der Waals surface area contributed by atoms with Gasteiger partial charge in [-0.05, 0) is 38.4 Å². The van der Waals surface area contributed by atoms with Gasteiger partial charge >= 0.3 is 0 Å². The zero-order valence-electron chi connectivity index (χ0n) is 16.1. The molecule has 1 saturated heterocycles. The summed E-state index contributed by atoms with van der Waals surface area (Å²) in [7, 11) is 1.70. The Hall–Kier alpha value is -1.96. The molecule has 8 heteroatoms. The minimum absolute atomic E-state index is 0. The number of methoxy groups -OCH3 is 1. The Morgan fingerprint density at radius 3 is 3.00 bits per heavy atom. The zero-order chi connectivity index (χ0) is 18.6. The summed E-state index contributed by atoms with van der Waals surface area (Å²) in [4.78, 5) is 4.55. The molecule has 0 saturated carbocycles. The molecule has 1 aliphatic rings. The van der Waals surface area contributed by atoms with Crippen LogP contribution in [0.1, 0.15) is 24.1 Å². The number of halogens is 1. The van der Waals surface area contributed by atoms with Gasteiger partial charge in [0, 0.05) is 23.9 Å². The second-order valence-corrected chi connectivity index (χ2v) is 8.10. The fraction of sp³-hybridized carbons (Fsp3) is 0.400. The average Bonchev–Trinajstić information content (AvgIpc) is 3.08. The van der Waals surface area contributed by atoms with Crippen molar-refractivity contribution in [3.05, 3.63) is 47.8 Å². The second-order valence-electron chi connectivity index (χ2n) is 6.78. The van der Waals surface area contributed by atoms with E-state index in [1.165, 1.54) is 12.8 Å². The maximum atomic E-state index is 5.47. The molecule has 4 rings (SSSR count). The number of hydrogen-bond acceptors (Lipinski definition) is 6. The molecule has 0 bridgehead atoms. The number of nitrogens with zero attached hydrogens (tertiary/aromatic N) is 3. The van der Waals surface area contributed by atoms with Crippen LogP contribution in [0.15, 0.2) is 41.6 Å². The molecule has 1 unspecified atom stereocenters. The molecule has 1 aromatic carbocycles. The second kappa shape index (κ2) is 9.49. The minimum atomic E-state index is 0. The largest absolute Gasteiger partial charge is 0.496 e. The van der Waals surface area contributed by atoms with Crippen LogP contribution < -0.4 is 15.4 Å². The molecular weight excluding hydrogens is 394 g/mol. The Balaban J connectivity index is 0.00000225. The van der Waals surface area contributed by atoms with E-state index in [-0.39, 0.29) is 12.4 Å². The Morgan fingerprint density at radius 2 is 2.21 bits per heavy atom. The van der Waals surface area contributed by atoms with Gasteiger partial charge in [0.25, 0.3) is 0 Å². The van der Waals surface area contributed by atoms with Crippen molar-refractivity contribution in [3.63, 3.8) is 0 Å². The number of aryl methyl sites for hydroxylation is 1. The smallest absolute Gasteiger partial charge is 0.177 e. The molecule has 0 amide bonds. The van der Waals surface area contributed by atoms with Crippen LogP contribution in [-0.2, 0) is 6.54 Å². The molecule has 1 fully saturated rings. The van der Waals surface area contributed by atoms with Crippen LogP contribution >= 0.6 is 24.2 Å². The van der Waals surface area contributed by atoms with Crippen LogP contribution in [0.2, 0.25) is 0 Å². The van der Waals surface area contributed by atoms with Crippen LogP contribution in [0.5, 0.6) is 5.75 Å². The lowest BCUT2D eigenvalue weighted by Crippen LogP contribution is -2.31. The number of rotatable bonds is 6. The molecule has 1 atom stereocenters. The fourth-order valence-electron chi connectivity index (χ4n) is 3.37. The lowest BCUT2D eigenvalue weighted by Gasteiger charge is -2.22. The summed E-state index contributed by atoms with van der Waals surface area (Å²) in [5.41, 5.74) is 4.00. The molecule has 3 aromatic rings. The third-order valence-electron chi connectivity index (χ3n) is 4.82. The number of thioether (sulfide) groups is 1. The van der Waals surface area contributed by atoms with E-state index in [1.807, 2.05) is 47.6 Å². The predicted molar refractivity (Wildman–Crippen MR) is 117 cm³/mol. The predicted octanol–water partition coefficient (Wildman–Crippen LogP) is 3.92. The normalized spacial score (nSPS) is 16.6. The lowest BCUT2D eigenvalue weighted by molar-refractivity contribution is 0.410. The first-order valence-corrected chi connectivity index (χ1v) is 10.2. The number of imidazole rings is 1. The first-order valence-electron chi connectivity index (χ1n) is 9.33. The van der Waals surface area contributed by atoms with Gasteiger partial charge in [-0.2, -0.15) is 5.10 Å². The van der Waals surface area contributed by atoms with Gasteiger partial charge in [0.2, 0.25) is 0 Å². The SMILES string of the molecule is COc1ccccc1CNc1cc(SC2CCCNC2)nn2c(C)cnc12.Cl. The Labute approximate surface area is 175 Å². The van der Waals surface area contributed by atoms with E-state index in [0.717, 1.165) is 46.5 Å².